The van der Waals surface area contributed by atoms with Gasteiger partial charge in [0.2, 0.25) is 0 Å². The maximum absolute atomic E-state index is 11.9. The highest BCUT2D eigenvalue weighted by atomic mass is 32.1. The number of thiophene rings is 1. The van der Waals surface area contributed by atoms with Gasteiger partial charge < -0.3 is 9.47 Å². The molecule has 1 aliphatic rings. The summed E-state index contributed by atoms with van der Waals surface area (Å²) in [4.78, 5) is 36.0. The van der Waals surface area contributed by atoms with Crippen molar-refractivity contribution in [2.75, 3.05) is 13.2 Å². The van der Waals surface area contributed by atoms with E-state index < -0.39 is 24.6 Å². The summed E-state index contributed by atoms with van der Waals surface area (Å²) in [6.45, 7) is 1.29. The van der Waals surface area contributed by atoms with Gasteiger partial charge in [-0.1, -0.05) is 0 Å². The Morgan fingerprint density at radius 1 is 1.24 bits per heavy atom. The van der Waals surface area contributed by atoms with Gasteiger partial charge in [0.15, 0.2) is 6.61 Å². The standard InChI is InChI=1S/C14H17NO5S/c1-2-19-14(18)15-12(16)8-20-13(17)11-7-9-5-3-4-6-10(9)21-11/h7H,2-6,8H2,1H3,(H,15,16,18). The minimum Gasteiger partial charge on any atom is -0.451 e. The smallest absolute Gasteiger partial charge is 0.413 e. The fraction of sp³-hybridized carbons (Fsp3) is 0.500. The molecular weight excluding hydrogens is 294 g/mol. The number of rotatable bonds is 4. The average molecular weight is 311 g/mol. The summed E-state index contributed by atoms with van der Waals surface area (Å²) in [6, 6.07) is 1.84. The second-order valence-corrected chi connectivity index (χ2v) is 5.75. The number of hydrogen-bond acceptors (Lipinski definition) is 6. The number of carbonyl (C=O) groups is 3. The van der Waals surface area contributed by atoms with Crippen LogP contribution in [0.5, 0.6) is 0 Å². The first-order chi connectivity index (χ1) is 10.1. The third-order valence-electron chi connectivity index (χ3n) is 3.05. The van der Waals surface area contributed by atoms with Crippen molar-refractivity contribution in [2.24, 2.45) is 0 Å². The van der Waals surface area contributed by atoms with E-state index in [1.54, 1.807) is 6.92 Å². The second kappa shape index (κ2) is 7.21. The molecule has 0 bridgehead atoms. The number of ether oxygens (including phenoxy) is 2. The molecule has 0 radical (unpaired) electrons. The number of imide groups is 1. The zero-order valence-corrected chi connectivity index (χ0v) is 12.6. The summed E-state index contributed by atoms with van der Waals surface area (Å²) in [5, 5.41) is 1.96. The Balaban J connectivity index is 1.83. The molecule has 0 saturated heterocycles. The number of fused-ring (bicyclic) bond motifs is 1. The highest BCUT2D eigenvalue weighted by Crippen LogP contribution is 2.29. The van der Waals surface area contributed by atoms with Crippen LogP contribution in [-0.2, 0) is 27.1 Å². The van der Waals surface area contributed by atoms with Crippen LogP contribution in [0.25, 0.3) is 0 Å². The molecule has 7 heteroatoms. The van der Waals surface area contributed by atoms with Crippen LogP contribution in [0.2, 0.25) is 0 Å². The van der Waals surface area contributed by atoms with Crippen LogP contribution >= 0.6 is 11.3 Å². The van der Waals surface area contributed by atoms with Crippen molar-refractivity contribution >= 4 is 29.3 Å². The molecular formula is C14H17NO5S. The Bertz CT molecular complexity index is 528. The molecule has 1 aliphatic carbocycles. The lowest BCUT2D eigenvalue weighted by atomic mass is 9.99. The van der Waals surface area contributed by atoms with Crippen LogP contribution in [0.3, 0.4) is 0 Å². The first-order valence-corrected chi connectivity index (χ1v) is 7.67. The lowest BCUT2D eigenvalue weighted by molar-refractivity contribution is -0.123. The molecule has 114 valence electrons. The molecule has 0 saturated carbocycles. The molecule has 0 spiro atoms. The van der Waals surface area contributed by atoms with Crippen molar-refractivity contribution in [1.29, 1.82) is 0 Å². The molecule has 2 rings (SSSR count). The van der Waals surface area contributed by atoms with Crippen LogP contribution in [0.15, 0.2) is 6.07 Å². The van der Waals surface area contributed by atoms with Crippen LogP contribution in [-0.4, -0.2) is 31.2 Å². The topological polar surface area (TPSA) is 81.7 Å². The second-order valence-electron chi connectivity index (χ2n) is 4.61. The van der Waals surface area contributed by atoms with E-state index in [0.29, 0.717) is 4.88 Å². The minimum absolute atomic E-state index is 0.166. The van der Waals surface area contributed by atoms with Crippen LogP contribution in [0, 0.1) is 0 Å². The molecule has 1 aromatic rings. The molecule has 1 heterocycles. The van der Waals surface area contributed by atoms with Gasteiger partial charge in [-0.2, -0.15) is 0 Å². The SMILES string of the molecule is CCOC(=O)NC(=O)COC(=O)c1cc2c(s1)CCCC2. The Morgan fingerprint density at radius 2 is 2.00 bits per heavy atom. The zero-order valence-electron chi connectivity index (χ0n) is 11.8. The van der Waals surface area contributed by atoms with E-state index in [4.69, 9.17) is 4.74 Å². The van der Waals surface area contributed by atoms with Crippen molar-refractivity contribution in [3.8, 4) is 0 Å². The van der Waals surface area contributed by atoms with E-state index >= 15 is 0 Å². The Labute approximate surface area is 126 Å². The van der Waals surface area contributed by atoms with Crippen LogP contribution in [0.1, 0.15) is 39.9 Å². The highest BCUT2D eigenvalue weighted by molar-refractivity contribution is 7.14. The minimum atomic E-state index is -0.842. The summed E-state index contributed by atoms with van der Waals surface area (Å²) in [7, 11) is 0. The van der Waals surface area contributed by atoms with Crippen molar-refractivity contribution in [3.05, 3.63) is 21.4 Å². The maximum atomic E-state index is 11.9. The molecule has 0 fully saturated rings. The van der Waals surface area contributed by atoms with Crippen molar-refractivity contribution < 1.29 is 23.9 Å². The zero-order chi connectivity index (χ0) is 15.2. The normalized spacial score (nSPS) is 13.2. The number of nitrogens with one attached hydrogen (secondary N) is 1. The van der Waals surface area contributed by atoms with E-state index in [0.717, 1.165) is 25.7 Å². The van der Waals surface area contributed by atoms with Crippen LogP contribution in [0.4, 0.5) is 4.79 Å². The molecule has 0 aliphatic heterocycles. The predicted molar refractivity (Wildman–Crippen MR) is 76.4 cm³/mol. The quantitative estimate of drug-likeness (QED) is 0.861. The predicted octanol–water partition coefficient (Wildman–Crippen LogP) is 2.06. The summed E-state index contributed by atoms with van der Waals surface area (Å²) in [5.41, 5.74) is 1.20. The lowest BCUT2D eigenvalue weighted by Gasteiger charge is -2.08. The Morgan fingerprint density at radius 3 is 2.71 bits per heavy atom. The van der Waals surface area contributed by atoms with Gasteiger partial charge in [-0.25, -0.2) is 9.59 Å². The van der Waals surface area contributed by atoms with Gasteiger partial charge in [-0.3, -0.25) is 10.1 Å². The van der Waals surface area contributed by atoms with Gasteiger partial charge in [-0.15, -0.1) is 11.3 Å². The number of esters is 1. The van der Waals surface area contributed by atoms with E-state index in [-0.39, 0.29) is 6.61 Å². The Hall–Kier alpha value is -1.89. The molecule has 2 amide bonds. The fourth-order valence-corrected chi connectivity index (χ4v) is 3.26. The highest BCUT2D eigenvalue weighted by Gasteiger charge is 2.19. The monoisotopic (exact) mass is 311 g/mol. The fourth-order valence-electron chi connectivity index (χ4n) is 2.11. The first-order valence-electron chi connectivity index (χ1n) is 6.85. The van der Waals surface area contributed by atoms with E-state index in [1.807, 2.05) is 11.4 Å². The van der Waals surface area contributed by atoms with Crippen molar-refractivity contribution in [1.82, 2.24) is 5.32 Å². The van der Waals surface area contributed by atoms with E-state index in [2.05, 4.69) is 4.74 Å². The molecule has 0 unspecified atom stereocenters. The number of aryl methyl sites for hydroxylation is 2. The number of hydrogen-bond donors (Lipinski definition) is 1. The molecule has 1 aromatic heterocycles. The largest absolute Gasteiger partial charge is 0.451 e. The molecule has 1 N–H and O–H groups in total. The van der Waals surface area contributed by atoms with Gasteiger partial charge in [0.25, 0.3) is 5.91 Å². The van der Waals surface area contributed by atoms with Gasteiger partial charge in [0, 0.05) is 4.88 Å². The maximum Gasteiger partial charge on any atom is 0.413 e. The molecule has 21 heavy (non-hydrogen) atoms. The number of alkyl carbamates (subject to hydrolysis) is 1. The van der Waals surface area contributed by atoms with Gasteiger partial charge in [0.05, 0.1) is 6.61 Å². The van der Waals surface area contributed by atoms with Crippen LogP contribution < -0.4 is 5.32 Å². The number of amides is 2. The number of carbonyl (C=O) groups excluding carboxylic acids is 3. The van der Waals surface area contributed by atoms with Gasteiger partial charge in [-0.05, 0) is 44.2 Å². The third-order valence-corrected chi connectivity index (χ3v) is 4.27. The van der Waals surface area contributed by atoms with Gasteiger partial charge in [0.1, 0.15) is 4.88 Å². The molecule has 6 nitrogen and oxygen atoms in total. The van der Waals surface area contributed by atoms with Crippen molar-refractivity contribution in [2.45, 2.75) is 32.6 Å². The van der Waals surface area contributed by atoms with E-state index in [9.17, 15) is 14.4 Å². The summed E-state index contributed by atoms with van der Waals surface area (Å²) in [5.74, 6) is -1.24. The van der Waals surface area contributed by atoms with E-state index in [1.165, 1.54) is 21.8 Å². The summed E-state index contributed by atoms with van der Waals surface area (Å²) < 4.78 is 9.45. The summed E-state index contributed by atoms with van der Waals surface area (Å²) >= 11 is 1.42. The third kappa shape index (κ3) is 4.29. The Kier molecular flexibility index (Phi) is 5.32. The van der Waals surface area contributed by atoms with Crippen molar-refractivity contribution in [3.63, 3.8) is 0 Å². The first kappa shape index (κ1) is 15.5. The average Bonchev–Trinajstić information content (AvgIpc) is 2.89. The van der Waals surface area contributed by atoms with Gasteiger partial charge >= 0.3 is 12.1 Å². The lowest BCUT2D eigenvalue weighted by Crippen LogP contribution is -2.34. The molecule has 0 aromatic carbocycles. The summed E-state index contributed by atoms with van der Waals surface area (Å²) in [6.07, 6.45) is 3.42. The molecule has 0 atom stereocenters.